The molecule has 0 spiro atoms. The molecule has 0 amide bonds. The predicted molar refractivity (Wildman–Crippen MR) is 386 cm³/mol. The molecule has 564 valence electrons. The van der Waals surface area contributed by atoms with Crippen LogP contribution in [0.25, 0.3) is 0 Å². The molecule has 0 aromatic heterocycles. The highest BCUT2D eigenvalue weighted by atomic mass is 31.2. The summed E-state index contributed by atoms with van der Waals surface area (Å²) >= 11 is 0. The van der Waals surface area contributed by atoms with Crippen LogP contribution in [-0.4, -0.2) is 96.7 Å². The molecule has 0 heterocycles. The minimum Gasteiger partial charge on any atom is -0.462 e. The van der Waals surface area contributed by atoms with E-state index in [4.69, 9.17) is 37.0 Å². The number of unbranched alkanes of at least 4 members (excludes halogenated alkanes) is 39. The molecule has 0 fully saturated rings. The summed E-state index contributed by atoms with van der Waals surface area (Å²) in [6.45, 7) is 14.2. The number of esters is 4. The Morgan fingerprint density at radius 2 is 0.442 bits per heavy atom. The van der Waals surface area contributed by atoms with E-state index in [9.17, 15) is 43.2 Å². The second kappa shape index (κ2) is 65.4. The fraction of sp³-hybridized carbons (Fsp3) is 0.947. The molecule has 0 aliphatic carbocycles. The average Bonchev–Trinajstić information content (AvgIpc) is 3.65. The van der Waals surface area contributed by atoms with E-state index < -0.39 is 97.5 Å². The number of aliphatic hydroxyl groups excluding tert-OH is 1. The minimum atomic E-state index is -4.96. The largest absolute Gasteiger partial charge is 0.472 e. The monoisotopic (exact) mass is 1400 g/mol. The Hall–Kier alpha value is -1.94. The SMILES string of the molecule is CC(C)CCCCCCCCCCCCCCCC(=O)OC[C@H](COP(=O)(O)OCC(O)COP(=O)(O)OC[C@@H](COC(=O)CCCCCCCCCC(C)C)OC(=O)CCCCCCCCCCCCCC(C)C)OC(=O)CCCCCCCCCCCCCCC(C)C. The van der Waals surface area contributed by atoms with Gasteiger partial charge in [0, 0.05) is 25.7 Å². The number of phosphoric acid groups is 2. The molecule has 17 nitrogen and oxygen atoms in total. The lowest BCUT2D eigenvalue weighted by Crippen LogP contribution is -2.30. The second-order valence-electron chi connectivity index (χ2n) is 29.3. The van der Waals surface area contributed by atoms with Gasteiger partial charge >= 0.3 is 39.5 Å². The number of phosphoric ester groups is 2. The van der Waals surface area contributed by atoms with Crippen molar-refractivity contribution in [3.05, 3.63) is 0 Å². The van der Waals surface area contributed by atoms with Crippen molar-refractivity contribution in [3.63, 3.8) is 0 Å². The van der Waals surface area contributed by atoms with E-state index in [1.54, 1.807) is 0 Å². The minimum absolute atomic E-state index is 0.105. The van der Waals surface area contributed by atoms with Gasteiger partial charge in [0.2, 0.25) is 0 Å². The number of carbonyl (C=O) groups is 4. The standard InChI is InChI=1S/C76H148O17P2/c1-66(2)52-44-36-28-21-15-10-9-11-18-24-32-40-48-56-73(78)86-62-71(92-75(80)58-50-42-33-25-19-13-12-16-22-29-37-45-53-67(3)4)64-90-94(82,83)88-60-70(77)61-89-95(84,85)91-65-72(63-87-74(79)57-49-41-35-27-31-39-47-55-69(7)8)93-76(81)59-51-43-34-26-20-14-17-23-30-38-46-54-68(5)6/h66-72,77H,9-65H2,1-8H3,(H,82,83)(H,84,85)/t70?,71-,72-/m1/s1. The molecule has 0 aliphatic rings. The van der Waals surface area contributed by atoms with Crippen LogP contribution in [0.5, 0.6) is 0 Å². The maximum atomic E-state index is 13.1. The average molecular weight is 1400 g/mol. The lowest BCUT2D eigenvalue weighted by atomic mass is 10.0. The summed E-state index contributed by atoms with van der Waals surface area (Å²) in [6.07, 6.45) is 50.0. The first-order valence-corrected chi connectivity index (χ1v) is 42.2. The zero-order valence-electron chi connectivity index (χ0n) is 62.3. The van der Waals surface area contributed by atoms with E-state index in [0.29, 0.717) is 31.6 Å². The summed E-state index contributed by atoms with van der Waals surface area (Å²) in [5.41, 5.74) is 0. The van der Waals surface area contributed by atoms with E-state index in [0.717, 1.165) is 114 Å². The molecule has 5 atom stereocenters. The number of ether oxygens (including phenoxy) is 4. The first-order valence-electron chi connectivity index (χ1n) is 39.2. The first kappa shape index (κ1) is 93.1. The van der Waals surface area contributed by atoms with Gasteiger partial charge in [-0.25, -0.2) is 9.13 Å². The molecule has 3 N–H and O–H groups in total. The fourth-order valence-corrected chi connectivity index (χ4v) is 13.1. The van der Waals surface area contributed by atoms with Gasteiger partial charge in [-0.1, -0.05) is 331 Å². The Morgan fingerprint density at radius 1 is 0.263 bits per heavy atom. The smallest absolute Gasteiger partial charge is 0.462 e. The lowest BCUT2D eigenvalue weighted by Gasteiger charge is -2.21. The van der Waals surface area contributed by atoms with Crippen LogP contribution in [0.2, 0.25) is 0 Å². The number of hydrogen-bond donors (Lipinski definition) is 3. The van der Waals surface area contributed by atoms with Gasteiger partial charge in [0.05, 0.1) is 26.4 Å². The van der Waals surface area contributed by atoms with Gasteiger partial charge in [0.15, 0.2) is 12.2 Å². The summed E-state index contributed by atoms with van der Waals surface area (Å²) in [6, 6.07) is 0. The maximum Gasteiger partial charge on any atom is 0.472 e. The van der Waals surface area contributed by atoms with Crippen LogP contribution in [0, 0.1) is 23.7 Å². The molecule has 3 unspecified atom stereocenters. The second-order valence-corrected chi connectivity index (χ2v) is 32.2. The van der Waals surface area contributed by atoms with Crippen molar-refractivity contribution >= 4 is 39.5 Å². The lowest BCUT2D eigenvalue weighted by molar-refractivity contribution is -0.161. The van der Waals surface area contributed by atoms with Crippen LogP contribution in [0.15, 0.2) is 0 Å². The molecular weight excluding hydrogens is 1250 g/mol. The molecule has 0 radical (unpaired) electrons. The van der Waals surface area contributed by atoms with Gasteiger partial charge in [0.25, 0.3) is 0 Å². The van der Waals surface area contributed by atoms with E-state index in [2.05, 4.69) is 55.4 Å². The van der Waals surface area contributed by atoms with Gasteiger partial charge in [-0.05, 0) is 49.4 Å². The van der Waals surface area contributed by atoms with Gasteiger partial charge in [-0.2, -0.15) is 0 Å². The summed E-state index contributed by atoms with van der Waals surface area (Å²) in [5, 5.41) is 10.6. The van der Waals surface area contributed by atoms with Crippen molar-refractivity contribution < 1.29 is 80.2 Å². The maximum absolute atomic E-state index is 13.1. The molecule has 19 heteroatoms. The van der Waals surface area contributed by atoms with Crippen molar-refractivity contribution in [3.8, 4) is 0 Å². The van der Waals surface area contributed by atoms with E-state index in [1.807, 2.05) is 0 Å². The summed E-state index contributed by atoms with van der Waals surface area (Å²) in [5.74, 6) is 0.917. The molecule has 0 saturated carbocycles. The molecule has 95 heavy (non-hydrogen) atoms. The van der Waals surface area contributed by atoms with Gasteiger partial charge in [-0.3, -0.25) is 37.3 Å². The number of aliphatic hydroxyl groups is 1. The summed E-state index contributed by atoms with van der Waals surface area (Å²) in [7, 11) is -9.91. The molecule has 0 saturated heterocycles. The van der Waals surface area contributed by atoms with Crippen molar-refractivity contribution in [1.82, 2.24) is 0 Å². The Bertz CT molecular complexity index is 1870. The third-order valence-corrected chi connectivity index (χ3v) is 19.5. The zero-order chi connectivity index (χ0) is 70.3. The van der Waals surface area contributed by atoms with Crippen LogP contribution in [0.1, 0.15) is 383 Å². The van der Waals surface area contributed by atoms with Gasteiger partial charge < -0.3 is 33.8 Å². The topological polar surface area (TPSA) is 237 Å². The van der Waals surface area contributed by atoms with E-state index in [1.165, 1.54) is 180 Å². The molecule has 0 aliphatic heterocycles. The highest BCUT2D eigenvalue weighted by Gasteiger charge is 2.30. The van der Waals surface area contributed by atoms with Crippen LogP contribution in [0.3, 0.4) is 0 Å². The van der Waals surface area contributed by atoms with Crippen LogP contribution in [-0.2, 0) is 65.4 Å². The number of hydrogen-bond acceptors (Lipinski definition) is 15. The summed E-state index contributed by atoms with van der Waals surface area (Å²) < 4.78 is 68.5. The Labute approximate surface area is 581 Å². The van der Waals surface area contributed by atoms with Gasteiger partial charge in [0.1, 0.15) is 19.3 Å². The third kappa shape index (κ3) is 70.3. The predicted octanol–water partition coefficient (Wildman–Crippen LogP) is 22.0. The number of carbonyl (C=O) groups excluding carboxylic acids is 4. The van der Waals surface area contributed by atoms with Crippen LogP contribution in [0.4, 0.5) is 0 Å². The van der Waals surface area contributed by atoms with Crippen molar-refractivity contribution in [2.75, 3.05) is 39.6 Å². The Balaban J connectivity index is 5.26. The quantitative estimate of drug-likeness (QED) is 0.0222. The van der Waals surface area contributed by atoms with E-state index >= 15 is 0 Å². The molecule has 0 rings (SSSR count). The van der Waals surface area contributed by atoms with Gasteiger partial charge in [-0.15, -0.1) is 0 Å². The van der Waals surface area contributed by atoms with E-state index in [-0.39, 0.29) is 25.7 Å². The van der Waals surface area contributed by atoms with Crippen molar-refractivity contribution in [2.45, 2.75) is 401 Å². The molecule has 0 bridgehead atoms. The zero-order valence-corrected chi connectivity index (χ0v) is 64.1. The highest BCUT2D eigenvalue weighted by molar-refractivity contribution is 7.47. The summed E-state index contributed by atoms with van der Waals surface area (Å²) in [4.78, 5) is 72.8. The molecule has 0 aromatic carbocycles. The third-order valence-electron chi connectivity index (χ3n) is 17.6. The fourth-order valence-electron chi connectivity index (χ4n) is 11.6. The normalized spacial score (nSPS) is 14.1. The van der Waals surface area contributed by atoms with Crippen LogP contribution < -0.4 is 0 Å². The molecule has 0 aromatic rings. The first-order chi connectivity index (χ1) is 45.6. The Kier molecular flexibility index (Phi) is 64.0. The number of rotatable bonds is 73. The van der Waals surface area contributed by atoms with Crippen LogP contribution >= 0.6 is 15.6 Å². The van der Waals surface area contributed by atoms with Crippen molar-refractivity contribution in [1.29, 1.82) is 0 Å². The Morgan fingerprint density at radius 3 is 0.653 bits per heavy atom. The molecular formula is C76H148O17P2. The highest BCUT2D eigenvalue weighted by Crippen LogP contribution is 2.45. The van der Waals surface area contributed by atoms with Crippen molar-refractivity contribution in [2.24, 2.45) is 23.7 Å².